The molecule has 7 heteroatoms. The van der Waals surface area contributed by atoms with Gasteiger partial charge in [-0.3, -0.25) is 9.59 Å². The van der Waals surface area contributed by atoms with Crippen molar-refractivity contribution in [3.05, 3.63) is 0 Å². The molecule has 1 amide bonds. The maximum Gasteiger partial charge on any atom is 0.471 e. The zero-order chi connectivity index (χ0) is 14.3. The van der Waals surface area contributed by atoms with Crippen molar-refractivity contribution in [2.24, 2.45) is 11.3 Å². The summed E-state index contributed by atoms with van der Waals surface area (Å²) in [5.41, 5.74) is -0.0114. The Bertz CT molecular complexity index is 378. The number of aliphatic carboxylic acids is 1. The topological polar surface area (TPSA) is 66.4 Å². The second-order valence-corrected chi connectivity index (χ2v) is 5.69. The lowest BCUT2D eigenvalue weighted by Gasteiger charge is -2.50. The highest BCUT2D eigenvalue weighted by Crippen LogP contribution is 2.54. The van der Waals surface area contributed by atoms with Gasteiger partial charge in [-0.25, -0.2) is 0 Å². The van der Waals surface area contributed by atoms with Gasteiger partial charge in [-0.05, 0) is 43.9 Å². The largest absolute Gasteiger partial charge is 0.481 e. The van der Waals surface area contributed by atoms with Crippen LogP contribution in [0.15, 0.2) is 0 Å². The fourth-order valence-electron chi connectivity index (χ4n) is 3.21. The Labute approximate surface area is 108 Å². The molecule has 0 saturated heterocycles. The van der Waals surface area contributed by atoms with Crippen LogP contribution in [0.2, 0.25) is 0 Å². The van der Waals surface area contributed by atoms with Gasteiger partial charge in [0, 0.05) is 6.04 Å². The van der Waals surface area contributed by atoms with Crippen molar-refractivity contribution in [2.45, 2.75) is 50.7 Å². The molecule has 0 radical (unpaired) electrons. The Hall–Kier alpha value is -1.27. The number of hydrogen-bond acceptors (Lipinski definition) is 2. The lowest BCUT2D eigenvalue weighted by molar-refractivity contribution is -0.175. The van der Waals surface area contributed by atoms with Crippen molar-refractivity contribution in [1.29, 1.82) is 0 Å². The summed E-state index contributed by atoms with van der Waals surface area (Å²) in [6.07, 6.45) is -1.23. The summed E-state index contributed by atoms with van der Waals surface area (Å²) in [4.78, 5) is 21.6. The van der Waals surface area contributed by atoms with E-state index in [1.54, 1.807) is 0 Å². The summed E-state index contributed by atoms with van der Waals surface area (Å²) in [6, 6.07) is -0.441. The molecule has 0 atom stereocenters. The maximum atomic E-state index is 12.1. The predicted octanol–water partition coefficient (Wildman–Crippen LogP) is 2.09. The third kappa shape index (κ3) is 3.01. The molecule has 2 N–H and O–H groups in total. The number of halogens is 3. The lowest BCUT2D eigenvalue weighted by atomic mass is 9.55. The Morgan fingerprint density at radius 2 is 1.68 bits per heavy atom. The van der Waals surface area contributed by atoms with E-state index < -0.39 is 24.1 Å². The minimum Gasteiger partial charge on any atom is -0.481 e. The maximum absolute atomic E-state index is 12.1. The molecule has 0 aromatic heterocycles. The van der Waals surface area contributed by atoms with Crippen LogP contribution in [0.4, 0.5) is 13.2 Å². The fourth-order valence-corrected chi connectivity index (χ4v) is 3.21. The third-order valence-corrected chi connectivity index (χ3v) is 4.35. The first-order chi connectivity index (χ1) is 8.72. The van der Waals surface area contributed by atoms with Crippen LogP contribution in [-0.2, 0) is 9.59 Å². The van der Waals surface area contributed by atoms with Gasteiger partial charge in [0.15, 0.2) is 0 Å². The van der Waals surface area contributed by atoms with E-state index >= 15 is 0 Å². The molecule has 4 nitrogen and oxygen atoms in total. The van der Waals surface area contributed by atoms with Crippen molar-refractivity contribution >= 4 is 11.9 Å². The van der Waals surface area contributed by atoms with Crippen molar-refractivity contribution < 1.29 is 27.9 Å². The molecule has 2 saturated carbocycles. The van der Waals surface area contributed by atoms with Gasteiger partial charge in [0.05, 0.1) is 5.92 Å². The summed E-state index contributed by atoms with van der Waals surface area (Å²) in [6.45, 7) is 0. The van der Waals surface area contributed by atoms with Crippen molar-refractivity contribution in [1.82, 2.24) is 5.32 Å². The number of amides is 1. The van der Waals surface area contributed by atoms with E-state index in [2.05, 4.69) is 0 Å². The Morgan fingerprint density at radius 1 is 1.16 bits per heavy atom. The first-order valence-corrected chi connectivity index (χ1v) is 6.32. The van der Waals surface area contributed by atoms with Crippen LogP contribution in [-0.4, -0.2) is 29.2 Å². The van der Waals surface area contributed by atoms with Crippen LogP contribution in [0.3, 0.4) is 0 Å². The molecular formula is C12H16F3NO3. The summed E-state index contributed by atoms with van der Waals surface area (Å²) in [7, 11) is 0. The molecule has 19 heavy (non-hydrogen) atoms. The van der Waals surface area contributed by atoms with E-state index in [4.69, 9.17) is 5.11 Å². The van der Waals surface area contributed by atoms with Gasteiger partial charge >= 0.3 is 18.1 Å². The van der Waals surface area contributed by atoms with E-state index in [-0.39, 0.29) is 11.3 Å². The van der Waals surface area contributed by atoms with Crippen LogP contribution in [0.5, 0.6) is 0 Å². The second-order valence-electron chi connectivity index (χ2n) is 5.69. The van der Waals surface area contributed by atoms with Crippen molar-refractivity contribution in [3.63, 3.8) is 0 Å². The van der Waals surface area contributed by atoms with Gasteiger partial charge in [0.1, 0.15) is 0 Å². The third-order valence-electron chi connectivity index (χ3n) is 4.35. The molecule has 0 aromatic rings. The molecule has 1 spiro atoms. The van der Waals surface area contributed by atoms with Crippen molar-refractivity contribution in [3.8, 4) is 0 Å². The molecule has 0 aromatic carbocycles. The number of carboxylic acids is 1. The molecule has 108 valence electrons. The van der Waals surface area contributed by atoms with E-state index in [9.17, 15) is 22.8 Å². The average Bonchev–Trinajstić information content (AvgIpc) is 2.25. The predicted molar refractivity (Wildman–Crippen MR) is 59.2 cm³/mol. The first-order valence-electron chi connectivity index (χ1n) is 6.32. The molecule has 0 unspecified atom stereocenters. The van der Waals surface area contributed by atoms with E-state index in [1.807, 2.05) is 5.32 Å². The highest BCUT2D eigenvalue weighted by molar-refractivity contribution is 5.81. The number of carbonyl (C=O) groups excluding carboxylic acids is 1. The fraction of sp³-hybridized carbons (Fsp3) is 0.833. The smallest absolute Gasteiger partial charge is 0.471 e. The van der Waals surface area contributed by atoms with Gasteiger partial charge in [-0.2, -0.15) is 13.2 Å². The quantitative estimate of drug-likeness (QED) is 0.813. The minimum absolute atomic E-state index is 0.0114. The number of hydrogen-bond donors (Lipinski definition) is 2. The SMILES string of the molecule is O=C(O)C1CC2(CCC(NC(=O)C(F)(F)F)CC2)C1. The molecular weight excluding hydrogens is 263 g/mol. The number of nitrogens with one attached hydrogen (secondary N) is 1. The molecule has 0 aliphatic heterocycles. The molecule has 0 bridgehead atoms. The van der Waals surface area contributed by atoms with Crippen LogP contribution in [0.25, 0.3) is 0 Å². The van der Waals surface area contributed by atoms with Gasteiger partial charge < -0.3 is 10.4 Å². The lowest BCUT2D eigenvalue weighted by Crippen LogP contribution is -2.49. The summed E-state index contributed by atoms with van der Waals surface area (Å²) in [5.74, 6) is -2.98. The zero-order valence-corrected chi connectivity index (χ0v) is 10.3. The van der Waals surface area contributed by atoms with Gasteiger partial charge in [-0.15, -0.1) is 0 Å². The first kappa shape index (κ1) is 14.1. The van der Waals surface area contributed by atoms with Crippen LogP contribution >= 0.6 is 0 Å². The number of rotatable bonds is 2. The number of alkyl halides is 3. The number of carbonyl (C=O) groups is 2. The van der Waals surface area contributed by atoms with E-state index in [0.717, 1.165) is 0 Å². The molecule has 2 aliphatic rings. The highest BCUT2D eigenvalue weighted by Gasteiger charge is 2.49. The van der Waals surface area contributed by atoms with Crippen LogP contribution in [0.1, 0.15) is 38.5 Å². The van der Waals surface area contributed by atoms with E-state index in [0.29, 0.717) is 38.5 Å². The second kappa shape index (κ2) is 4.68. The molecule has 0 heterocycles. The standard InChI is InChI=1S/C12H16F3NO3/c13-12(14,15)10(19)16-8-1-3-11(4-2-8)5-7(6-11)9(17)18/h7-8H,1-6H2,(H,16,19)(H,17,18). The van der Waals surface area contributed by atoms with Crippen LogP contribution in [0, 0.1) is 11.3 Å². The van der Waals surface area contributed by atoms with Gasteiger partial charge in [0.25, 0.3) is 0 Å². The Balaban J connectivity index is 1.78. The average molecular weight is 279 g/mol. The van der Waals surface area contributed by atoms with Crippen LogP contribution < -0.4 is 5.32 Å². The summed E-state index contributed by atoms with van der Waals surface area (Å²) >= 11 is 0. The number of carboxylic acid groups (broad SMARTS) is 1. The highest BCUT2D eigenvalue weighted by atomic mass is 19.4. The van der Waals surface area contributed by atoms with Gasteiger partial charge in [0.2, 0.25) is 0 Å². The van der Waals surface area contributed by atoms with E-state index in [1.165, 1.54) is 0 Å². The minimum atomic E-state index is -4.83. The zero-order valence-electron chi connectivity index (χ0n) is 10.3. The summed E-state index contributed by atoms with van der Waals surface area (Å²) in [5, 5.41) is 10.8. The Morgan fingerprint density at radius 3 is 2.11 bits per heavy atom. The Kier molecular flexibility index (Phi) is 3.49. The normalized spacial score (nSPS) is 34.7. The molecule has 2 aliphatic carbocycles. The van der Waals surface area contributed by atoms with Gasteiger partial charge in [-0.1, -0.05) is 0 Å². The summed E-state index contributed by atoms with van der Waals surface area (Å²) < 4.78 is 36.3. The molecule has 2 rings (SSSR count). The van der Waals surface area contributed by atoms with Crippen molar-refractivity contribution in [2.75, 3.05) is 0 Å². The monoisotopic (exact) mass is 279 g/mol. The molecule has 2 fully saturated rings.